The first-order valence-electron chi connectivity index (χ1n) is 6.30. The second-order valence-electron chi connectivity index (χ2n) is 5.00. The van der Waals surface area contributed by atoms with Crippen molar-refractivity contribution < 1.29 is 8.42 Å². The van der Waals surface area contributed by atoms with Crippen LogP contribution >= 0.6 is 0 Å². The van der Waals surface area contributed by atoms with Gasteiger partial charge in [0.05, 0.1) is 15.9 Å². The molecule has 0 amide bonds. The average molecular weight is 281 g/mol. The van der Waals surface area contributed by atoms with Gasteiger partial charge in [-0.05, 0) is 38.0 Å². The molecule has 0 aliphatic heterocycles. The molecule has 5 nitrogen and oxygen atoms in total. The molecular formula is C13H19N3O2S. The van der Waals surface area contributed by atoms with Crippen molar-refractivity contribution >= 4 is 20.9 Å². The zero-order valence-corrected chi connectivity index (χ0v) is 12.0. The van der Waals surface area contributed by atoms with Crippen LogP contribution in [0.3, 0.4) is 0 Å². The van der Waals surface area contributed by atoms with Crippen LogP contribution < -0.4 is 5.73 Å². The van der Waals surface area contributed by atoms with Gasteiger partial charge in [0.25, 0.3) is 0 Å². The maximum atomic E-state index is 11.5. The molecule has 6 heteroatoms. The Balaban J connectivity index is 2.21. The van der Waals surface area contributed by atoms with Gasteiger partial charge in [-0.2, -0.15) is 0 Å². The number of imidazole rings is 1. The molecule has 0 saturated carbocycles. The summed E-state index contributed by atoms with van der Waals surface area (Å²) in [5.74, 6) is 0.876. The SMILES string of the molecule is CC(N)CCCc1nc2ccc(S(C)(=O)=O)cc2[nH]1. The van der Waals surface area contributed by atoms with Gasteiger partial charge in [-0.25, -0.2) is 13.4 Å². The maximum Gasteiger partial charge on any atom is 0.175 e. The van der Waals surface area contributed by atoms with Gasteiger partial charge in [-0.1, -0.05) is 0 Å². The van der Waals surface area contributed by atoms with Crippen LogP contribution in [0, 0.1) is 0 Å². The first-order valence-corrected chi connectivity index (χ1v) is 8.19. The van der Waals surface area contributed by atoms with Crippen LogP contribution in [0.15, 0.2) is 23.1 Å². The number of H-pyrrole nitrogens is 1. The quantitative estimate of drug-likeness (QED) is 0.872. The number of hydrogen-bond donors (Lipinski definition) is 2. The smallest absolute Gasteiger partial charge is 0.175 e. The molecule has 0 aliphatic carbocycles. The lowest BCUT2D eigenvalue weighted by Crippen LogP contribution is -2.14. The molecule has 2 aromatic rings. The van der Waals surface area contributed by atoms with Crippen LogP contribution in [0.5, 0.6) is 0 Å². The Kier molecular flexibility index (Phi) is 3.91. The molecule has 104 valence electrons. The van der Waals surface area contributed by atoms with Gasteiger partial charge in [0.15, 0.2) is 9.84 Å². The van der Waals surface area contributed by atoms with Gasteiger partial charge < -0.3 is 10.7 Å². The second kappa shape index (κ2) is 5.30. The Labute approximate surface area is 113 Å². The normalized spacial score (nSPS) is 13.8. The largest absolute Gasteiger partial charge is 0.342 e. The molecule has 0 aliphatic rings. The zero-order valence-electron chi connectivity index (χ0n) is 11.2. The highest BCUT2D eigenvalue weighted by atomic mass is 32.2. The fraction of sp³-hybridized carbons (Fsp3) is 0.462. The van der Waals surface area contributed by atoms with Gasteiger partial charge in [0.1, 0.15) is 5.82 Å². The minimum atomic E-state index is -3.18. The van der Waals surface area contributed by atoms with Crippen LogP contribution in [-0.4, -0.2) is 30.7 Å². The van der Waals surface area contributed by atoms with Crippen molar-refractivity contribution in [1.29, 1.82) is 0 Å². The van der Waals surface area contributed by atoms with Gasteiger partial charge in [0, 0.05) is 18.7 Å². The Morgan fingerprint density at radius 2 is 2.16 bits per heavy atom. The van der Waals surface area contributed by atoms with Crippen molar-refractivity contribution in [2.75, 3.05) is 6.26 Å². The Morgan fingerprint density at radius 1 is 1.42 bits per heavy atom. The average Bonchev–Trinajstić information content (AvgIpc) is 2.68. The molecule has 0 bridgehead atoms. The molecule has 1 atom stereocenters. The van der Waals surface area contributed by atoms with Crippen LogP contribution in [0.1, 0.15) is 25.6 Å². The molecule has 1 aromatic carbocycles. The topological polar surface area (TPSA) is 88.8 Å². The molecule has 0 fully saturated rings. The third-order valence-electron chi connectivity index (χ3n) is 3.00. The number of nitrogens with one attached hydrogen (secondary N) is 1. The van der Waals surface area contributed by atoms with E-state index in [1.165, 1.54) is 6.26 Å². The van der Waals surface area contributed by atoms with Gasteiger partial charge >= 0.3 is 0 Å². The first-order chi connectivity index (χ1) is 8.86. The molecule has 2 rings (SSSR count). The summed E-state index contributed by atoms with van der Waals surface area (Å²) < 4.78 is 23.0. The fourth-order valence-electron chi connectivity index (χ4n) is 1.98. The number of hydrogen-bond acceptors (Lipinski definition) is 4. The number of benzene rings is 1. The molecule has 1 aromatic heterocycles. The van der Waals surface area contributed by atoms with Crippen molar-refractivity contribution in [2.24, 2.45) is 5.73 Å². The van der Waals surface area contributed by atoms with E-state index in [1.807, 2.05) is 6.92 Å². The predicted octanol–water partition coefficient (Wildman–Crippen LogP) is 1.64. The van der Waals surface area contributed by atoms with E-state index in [1.54, 1.807) is 18.2 Å². The summed E-state index contributed by atoms with van der Waals surface area (Å²) in [5.41, 5.74) is 7.26. The number of aromatic amines is 1. The number of aryl methyl sites for hydroxylation is 1. The highest BCUT2D eigenvalue weighted by Gasteiger charge is 2.10. The third-order valence-corrected chi connectivity index (χ3v) is 4.11. The highest BCUT2D eigenvalue weighted by Crippen LogP contribution is 2.18. The molecule has 1 heterocycles. The van der Waals surface area contributed by atoms with Gasteiger partial charge in [0.2, 0.25) is 0 Å². The van der Waals surface area contributed by atoms with Crippen LogP contribution in [0.2, 0.25) is 0 Å². The zero-order chi connectivity index (χ0) is 14.0. The van der Waals surface area contributed by atoms with E-state index in [4.69, 9.17) is 5.73 Å². The van der Waals surface area contributed by atoms with Gasteiger partial charge in [-0.15, -0.1) is 0 Å². The summed E-state index contributed by atoms with van der Waals surface area (Å²) in [6.45, 7) is 1.98. The minimum Gasteiger partial charge on any atom is -0.342 e. The third kappa shape index (κ3) is 3.54. The van der Waals surface area contributed by atoms with Crippen molar-refractivity contribution in [3.05, 3.63) is 24.0 Å². The molecule has 0 radical (unpaired) electrons. The lowest BCUT2D eigenvalue weighted by molar-refractivity contribution is 0.602. The summed E-state index contributed by atoms with van der Waals surface area (Å²) in [6, 6.07) is 5.15. The predicted molar refractivity (Wildman–Crippen MR) is 75.8 cm³/mol. The van der Waals surface area contributed by atoms with E-state index in [9.17, 15) is 8.42 Å². The van der Waals surface area contributed by atoms with E-state index in [0.29, 0.717) is 4.90 Å². The van der Waals surface area contributed by atoms with Gasteiger partial charge in [-0.3, -0.25) is 0 Å². The number of aromatic nitrogens is 2. The summed E-state index contributed by atoms with van der Waals surface area (Å²) in [4.78, 5) is 7.92. The molecule has 0 spiro atoms. The minimum absolute atomic E-state index is 0.196. The van der Waals surface area contributed by atoms with Crippen molar-refractivity contribution in [1.82, 2.24) is 9.97 Å². The molecule has 1 unspecified atom stereocenters. The number of fused-ring (bicyclic) bond motifs is 1. The molecule has 0 saturated heterocycles. The number of nitrogens with zero attached hydrogens (tertiary/aromatic N) is 1. The lowest BCUT2D eigenvalue weighted by atomic mass is 10.1. The molecular weight excluding hydrogens is 262 g/mol. The summed E-state index contributed by atoms with van der Waals surface area (Å²) in [6.07, 6.45) is 3.95. The number of nitrogens with two attached hydrogens (primary N) is 1. The Morgan fingerprint density at radius 3 is 2.79 bits per heavy atom. The summed E-state index contributed by atoms with van der Waals surface area (Å²) in [7, 11) is -3.18. The second-order valence-corrected chi connectivity index (χ2v) is 7.02. The monoisotopic (exact) mass is 281 g/mol. The highest BCUT2D eigenvalue weighted by molar-refractivity contribution is 7.90. The van der Waals surface area contributed by atoms with Crippen LogP contribution in [0.25, 0.3) is 11.0 Å². The number of rotatable bonds is 5. The van der Waals surface area contributed by atoms with Crippen molar-refractivity contribution in [2.45, 2.75) is 37.1 Å². The number of sulfone groups is 1. The van der Waals surface area contributed by atoms with E-state index in [2.05, 4.69) is 9.97 Å². The van der Waals surface area contributed by atoms with Crippen molar-refractivity contribution in [3.8, 4) is 0 Å². The van der Waals surface area contributed by atoms with E-state index in [-0.39, 0.29) is 6.04 Å². The lowest BCUT2D eigenvalue weighted by Gasteiger charge is -2.01. The van der Waals surface area contributed by atoms with Crippen molar-refractivity contribution in [3.63, 3.8) is 0 Å². The Bertz CT molecular complexity index is 674. The maximum absolute atomic E-state index is 11.5. The first kappa shape index (κ1) is 14.0. The summed E-state index contributed by atoms with van der Waals surface area (Å²) >= 11 is 0. The van der Waals surface area contributed by atoms with E-state index in [0.717, 1.165) is 36.1 Å². The molecule has 19 heavy (non-hydrogen) atoms. The van der Waals surface area contributed by atoms with E-state index >= 15 is 0 Å². The summed E-state index contributed by atoms with van der Waals surface area (Å²) in [5, 5.41) is 0. The Hall–Kier alpha value is -1.40. The van der Waals surface area contributed by atoms with E-state index < -0.39 is 9.84 Å². The van der Waals surface area contributed by atoms with Crippen LogP contribution in [0.4, 0.5) is 0 Å². The molecule has 3 N–H and O–H groups in total. The fourth-order valence-corrected chi connectivity index (χ4v) is 2.63. The standard InChI is InChI=1S/C13H19N3O2S/c1-9(14)4-3-5-13-15-11-7-6-10(19(2,17)18)8-12(11)16-13/h6-9H,3-5,14H2,1-2H3,(H,15,16). The van der Waals surface area contributed by atoms with Crippen LogP contribution in [-0.2, 0) is 16.3 Å².